The molecule has 26 heavy (non-hydrogen) atoms. The van der Waals surface area contributed by atoms with Gasteiger partial charge in [0.25, 0.3) is 0 Å². The summed E-state index contributed by atoms with van der Waals surface area (Å²) in [7, 11) is 0. The van der Waals surface area contributed by atoms with Gasteiger partial charge in [0.05, 0.1) is 17.8 Å². The third-order valence-electron chi connectivity index (χ3n) is 4.11. The highest BCUT2D eigenvalue weighted by Crippen LogP contribution is 2.27. The molecule has 0 radical (unpaired) electrons. The third-order valence-corrected chi connectivity index (χ3v) is 4.92. The van der Waals surface area contributed by atoms with Gasteiger partial charge in [-0.05, 0) is 23.9 Å². The number of nitrogens with zero attached hydrogens (tertiary/aromatic N) is 4. The van der Waals surface area contributed by atoms with E-state index in [2.05, 4.69) is 32.3 Å². The van der Waals surface area contributed by atoms with Crippen LogP contribution in [-0.4, -0.2) is 20.1 Å². The summed E-state index contributed by atoms with van der Waals surface area (Å²) < 4.78 is 5.41. The van der Waals surface area contributed by atoms with E-state index < -0.39 is 0 Å². The van der Waals surface area contributed by atoms with Crippen molar-refractivity contribution in [2.75, 3.05) is 5.32 Å². The average molecular weight is 365 g/mol. The Kier molecular flexibility index (Phi) is 4.62. The van der Waals surface area contributed by atoms with E-state index in [0.717, 1.165) is 33.8 Å². The highest BCUT2D eigenvalue weighted by molar-refractivity contribution is 7.16. The fourth-order valence-corrected chi connectivity index (χ4v) is 3.51. The molecule has 4 aromatic rings. The third kappa shape index (κ3) is 3.43. The Bertz CT molecular complexity index is 1010. The van der Waals surface area contributed by atoms with Gasteiger partial charge in [-0.15, -0.1) is 11.3 Å². The number of aromatic nitrogens is 4. The Labute approximate surface area is 155 Å². The van der Waals surface area contributed by atoms with Crippen LogP contribution in [0.2, 0.25) is 0 Å². The van der Waals surface area contributed by atoms with Crippen LogP contribution in [0, 0.1) is 0 Å². The minimum Gasteiger partial charge on any atom is -0.360 e. The molecule has 0 saturated heterocycles. The molecule has 0 saturated carbocycles. The topological polar surface area (TPSA) is 76.7 Å². The van der Waals surface area contributed by atoms with Crippen LogP contribution in [0.15, 0.2) is 46.3 Å². The van der Waals surface area contributed by atoms with Crippen LogP contribution in [-0.2, 0) is 12.8 Å². The van der Waals surface area contributed by atoms with E-state index in [1.54, 1.807) is 11.3 Å². The Morgan fingerprint density at radius 1 is 1.12 bits per heavy atom. The second-order valence-corrected chi connectivity index (χ2v) is 6.95. The molecule has 1 atom stereocenters. The maximum absolute atomic E-state index is 5.41. The molecular formula is C19H19N5OS. The Morgan fingerprint density at radius 2 is 1.96 bits per heavy atom. The van der Waals surface area contributed by atoms with E-state index >= 15 is 0 Å². The van der Waals surface area contributed by atoms with Gasteiger partial charge in [-0.1, -0.05) is 42.4 Å². The Hall–Kier alpha value is -2.80. The van der Waals surface area contributed by atoms with Crippen LogP contribution < -0.4 is 5.32 Å². The summed E-state index contributed by atoms with van der Waals surface area (Å²) in [6.45, 7) is 4.06. The van der Waals surface area contributed by atoms with Crippen molar-refractivity contribution in [2.45, 2.75) is 32.7 Å². The van der Waals surface area contributed by atoms with E-state index in [1.807, 2.05) is 48.7 Å². The molecule has 0 aliphatic rings. The fourth-order valence-electron chi connectivity index (χ4n) is 2.72. The number of anilines is 1. The quantitative estimate of drug-likeness (QED) is 0.546. The second kappa shape index (κ2) is 7.21. The number of benzene rings is 1. The molecule has 4 rings (SSSR count). The molecule has 1 aromatic carbocycles. The zero-order valence-electron chi connectivity index (χ0n) is 14.6. The lowest BCUT2D eigenvalue weighted by Crippen LogP contribution is -2.11. The van der Waals surface area contributed by atoms with Crippen molar-refractivity contribution in [1.29, 1.82) is 0 Å². The van der Waals surface area contributed by atoms with Gasteiger partial charge < -0.3 is 9.84 Å². The van der Waals surface area contributed by atoms with Gasteiger partial charge in [-0.2, -0.15) is 4.98 Å². The smallest absolute Gasteiger partial charge is 0.231 e. The summed E-state index contributed by atoms with van der Waals surface area (Å²) >= 11 is 1.62. The minimum absolute atomic E-state index is 0.119. The summed E-state index contributed by atoms with van der Waals surface area (Å²) in [6.07, 6.45) is 1.42. The minimum atomic E-state index is -0.119. The summed E-state index contributed by atoms with van der Waals surface area (Å²) in [5.74, 6) is 2.87. The normalized spacial score (nSPS) is 12.4. The van der Waals surface area contributed by atoms with Crippen LogP contribution in [0.5, 0.6) is 0 Å². The molecule has 0 aliphatic heterocycles. The molecule has 3 aromatic heterocycles. The number of nitrogens with one attached hydrogen (secondary N) is 1. The molecule has 0 spiro atoms. The predicted molar refractivity (Wildman–Crippen MR) is 102 cm³/mol. The van der Waals surface area contributed by atoms with Gasteiger partial charge in [0, 0.05) is 6.42 Å². The molecule has 0 amide bonds. The monoisotopic (exact) mass is 365 g/mol. The van der Waals surface area contributed by atoms with Gasteiger partial charge in [0.15, 0.2) is 5.82 Å². The van der Waals surface area contributed by atoms with Crippen molar-refractivity contribution >= 4 is 27.4 Å². The maximum Gasteiger partial charge on any atom is 0.231 e. The highest BCUT2D eigenvalue weighted by Gasteiger charge is 2.17. The van der Waals surface area contributed by atoms with Crippen LogP contribution in [0.3, 0.4) is 0 Å². The molecule has 1 N–H and O–H groups in total. The average Bonchev–Trinajstić information content (AvgIpc) is 3.32. The van der Waals surface area contributed by atoms with Crippen molar-refractivity contribution in [3.05, 3.63) is 64.9 Å². The van der Waals surface area contributed by atoms with Gasteiger partial charge in [-0.25, -0.2) is 9.97 Å². The zero-order valence-corrected chi connectivity index (χ0v) is 15.5. The summed E-state index contributed by atoms with van der Waals surface area (Å²) in [5.41, 5.74) is 1.15. The van der Waals surface area contributed by atoms with Gasteiger partial charge in [0.1, 0.15) is 16.5 Å². The van der Waals surface area contributed by atoms with Crippen LogP contribution >= 0.6 is 11.3 Å². The summed E-state index contributed by atoms with van der Waals surface area (Å²) in [5, 5.41) is 10.6. The number of hydrogen-bond acceptors (Lipinski definition) is 7. The number of aryl methyl sites for hydroxylation is 1. The van der Waals surface area contributed by atoms with E-state index in [1.165, 1.54) is 0 Å². The van der Waals surface area contributed by atoms with E-state index in [-0.39, 0.29) is 6.04 Å². The molecule has 1 unspecified atom stereocenters. The second-order valence-electron chi connectivity index (χ2n) is 6.06. The largest absolute Gasteiger partial charge is 0.360 e. The first-order chi connectivity index (χ1) is 12.7. The number of fused-ring (bicyclic) bond motifs is 1. The molecular weight excluding hydrogens is 346 g/mol. The fraction of sp³-hybridized carbons (Fsp3) is 0.263. The SMILES string of the molecule is CCc1nc(NC(C)c2noc(Cc3ccccc3)n2)c2ccsc2n1. The molecule has 3 heterocycles. The van der Waals surface area contributed by atoms with E-state index in [9.17, 15) is 0 Å². The van der Waals surface area contributed by atoms with Crippen LogP contribution in [0.25, 0.3) is 10.2 Å². The number of rotatable bonds is 6. The van der Waals surface area contributed by atoms with Gasteiger partial charge in [0.2, 0.25) is 5.89 Å². The van der Waals surface area contributed by atoms with Crippen molar-refractivity contribution in [3.63, 3.8) is 0 Å². The van der Waals surface area contributed by atoms with E-state index in [4.69, 9.17) is 4.52 Å². The van der Waals surface area contributed by atoms with Crippen LogP contribution in [0.1, 0.15) is 43.0 Å². The molecule has 0 bridgehead atoms. The first-order valence-electron chi connectivity index (χ1n) is 8.60. The van der Waals surface area contributed by atoms with Crippen molar-refractivity contribution in [2.24, 2.45) is 0 Å². The molecule has 0 fully saturated rings. The first-order valence-corrected chi connectivity index (χ1v) is 9.48. The molecule has 0 aliphatic carbocycles. The van der Waals surface area contributed by atoms with Crippen LogP contribution in [0.4, 0.5) is 5.82 Å². The molecule has 7 heteroatoms. The highest BCUT2D eigenvalue weighted by atomic mass is 32.1. The van der Waals surface area contributed by atoms with Gasteiger partial charge >= 0.3 is 0 Å². The zero-order chi connectivity index (χ0) is 17.9. The van der Waals surface area contributed by atoms with Crippen molar-refractivity contribution in [1.82, 2.24) is 20.1 Å². The lowest BCUT2D eigenvalue weighted by Gasteiger charge is -2.12. The van der Waals surface area contributed by atoms with E-state index in [0.29, 0.717) is 18.1 Å². The lowest BCUT2D eigenvalue weighted by atomic mass is 10.1. The first kappa shape index (κ1) is 16.7. The van der Waals surface area contributed by atoms with Gasteiger partial charge in [-0.3, -0.25) is 0 Å². The Morgan fingerprint density at radius 3 is 2.77 bits per heavy atom. The number of thiophene rings is 1. The maximum atomic E-state index is 5.41. The lowest BCUT2D eigenvalue weighted by molar-refractivity contribution is 0.377. The van der Waals surface area contributed by atoms with Crippen molar-refractivity contribution < 1.29 is 4.52 Å². The number of hydrogen-bond donors (Lipinski definition) is 1. The standard InChI is InChI=1S/C19H19N5OS/c1-3-15-21-18(14-9-10-26-19(14)22-15)20-12(2)17-23-16(25-24-17)11-13-7-5-4-6-8-13/h4-10,12H,3,11H2,1-2H3,(H,20,21,22). The summed E-state index contributed by atoms with van der Waals surface area (Å²) in [6, 6.07) is 12.0. The Balaban J connectivity index is 1.54. The molecule has 132 valence electrons. The summed E-state index contributed by atoms with van der Waals surface area (Å²) in [4.78, 5) is 14.7. The molecule has 6 nitrogen and oxygen atoms in total. The predicted octanol–water partition coefficient (Wildman–Crippen LogP) is 4.40. The van der Waals surface area contributed by atoms with Crippen molar-refractivity contribution in [3.8, 4) is 0 Å².